The second-order valence-electron chi connectivity index (χ2n) is 4.58. The zero-order valence-electron chi connectivity index (χ0n) is 10.4. The van der Waals surface area contributed by atoms with Crippen molar-refractivity contribution < 1.29 is 4.74 Å². The van der Waals surface area contributed by atoms with Gasteiger partial charge in [-0.15, -0.1) is 0 Å². The summed E-state index contributed by atoms with van der Waals surface area (Å²) < 4.78 is 7.34. The first-order valence-electron chi connectivity index (χ1n) is 6.05. The first-order valence-corrected chi connectivity index (χ1v) is 6.05. The van der Waals surface area contributed by atoms with Crippen molar-refractivity contribution in [3.63, 3.8) is 0 Å². The van der Waals surface area contributed by atoms with Crippen LogP contribution in [0.25, 0.3) is 0 Å². The Hall–Kier alpha value is -1.03. The number of nitrogens with one attached hydrogen (secondary N) is 1. The van der Waals surface area contributed by atoms with E-state index in [4.69, 9.17) is 4.74 Å². The van der Waals surface area contributed by atoms with E-state index in [1.807, 2.05) is 11.7 Å². The summed E-state index contributed by atoms with van der Waals surface area (Å²) in [6.45, 7) is 6.07. The molecule has 0 saturated carbocycles. The van der Waals surface area contributed by atoms with Crippen LogP contribution in [-0.2, 0) is 11.8 Å². The molecule has 1 aromatic heterocycles. The van der Waals surface area contributed by atoms with Crippen LogP contribution in [0, 0.1) is 12.8 Å². The third-order valence-electron chi connectivity index (χ3n) is 3.42. The molecule has 2 unspecified atom stereocenters. The Bertz CT molecular complexity index is 323. The van der Waals surface area contributed by atoms with Gasteiger partial charge in [0.25, 0.3) is 0 Å². The second-order valence-corrected chi connectivity index (χ2v) is 4.58. The largest absolute Gasteiger partial charge is 0.381 e. The molecule has 1 N–H and O–H groups in total. The molecule has 16 heavy (non-hydrogen) atoms. The van der Waals surface area contributed by atoms with Crippen molar-refractivity contribution >= 4 is 5.82 Å². The fourth-order valence-electron chi connectivity index (χ4n) is 2.24. The smallest absolute Gasteiger partial charge is 0.148 e. The molecule has 4 nitrogen and oxygen atoms in total. The van der Waals surface area contributed by atoms with Gasteiger partial charge in [-0.1, -0.05) is 6.92 Å². The molecule has 0 amide bonds. The molecule has 0 bridgehead atoms. The summed E-state index contributed by atoms with van der Waals surface area (Å²) in [5, 5.41) is 7.95. The first kappa shape index (κ1) is 11.5. The van der Waals surface area contributed by atoms with Crippen LogP contribution < -0.4 is 5.32 Å². The molecule has 1 aliphatic rings. The second kappa shape index (κ2) is 4.87. The highest BCUT2D eigenvalue weighted by molar-refractivity contribution is 5.36. The van der Waals surface area contributed by atoms with Crippen molar-refractivity contribution in [3.8, 4) is 0 Å². The number of hydrogen-bond acceptors (Lipinski definition) is 3. The zero-order valence-corrected chi connectivity index (χ0v) is 10.4. The molecule has 2 heterocycles. The Morgan fingerprint density at radius 3 is 3.00 bits per heavy atom. The van der Waals surface area contributed by atoms with Crippen LogP contribution in [0.4, 0.5) is 5.82 Å². The van der Waals surface area contributed by atoms with E-state index in [0.29, 0.717) is 12.0 Å². The molecule has 1 saturated heterocycles. The Morgan fingerprint density at radius 2 is 2.50 bits per heavy atom. The van der Waals surface area contributed by atoms with E-state index in [-0.39, 0.29) is 0 Å². The molecule has 2 atom stereocenters. The first-order chi connectivity index (χ1) is 7.70. The van der Waals surface area contributed by atoms with E-state index in [1.165, 1.54) is 5.69 Å². The van der Waals surface area contributed by atoms with Crippen molar-refractivity contribution in [2.24, 2.45) is 13.0 Å². The van der Waals surface area contributed by atoms with Crippen LogP contribution in [0.5, 0.6) is 0 Å². The number of aromatic nitrogens is 2. The Kier molecular flexibility index (Phi) is 3.49. The molecule has 1 aromatic rings. The summed E-state index contributed by atoms with van der Waals surface area (Å²) >= 11 is 0. The van der Waals surface area contributed by atoms with E-state index >= 15 is 0 Å². The minimum atomic E-state index is 0.483. The molecule has 1 aliphatic heterocycles. The van der Waals surface area contributed by atoms with Crippen LogP contribution in [0.1, 0.15) is 25.5 Å². The third-order valence-corrected chi connectivity index (χ3v) is 3.42. The van der Waals surface area contributed by atoms with Gasteiger partial charge in [-0.05, 0) is 19.8 Å². The number of anilines is 1. The SMILES string of the molecule is CCC(Nc1cc(C)n(C)n1)C1CCOC1. The van der Waals surface area contributed by atoms with Gasteiger partial charge >= 0.3 is 0 Å². The number of rotatable bonds is 4. The Balaban J connectivity index is 2.00. The lowest BCUT2D eigenvalue weighted by Crippen LogP contribution is -2.29. The zero-order chi connectivity index (χ0) is 11.5. The quantitative estimate of drug-likeness (QED) is 0.848. The molecule has 4 heteroatoms. The molecule has 0 aliphatic carbocycles. The molecule has 0 radical (unpaired) electrons. The average molecular weight is 223 g/mol. The summed E-state index contributed by atoms with van der Waals surface area (Å²) in [6, 6.07) is 2.58. The van der Waals surface area contributed by atoms with Crippen LogP contribution >= 0.6 is 0 Å². The summed E-state index contributed by atoms with van der Waals surface area (Å²) in [4.78, 5) is 0. The minimum Gasteiger partial charge on any atom is -0.381 e. The highest BCUT2D eigenvalue weighted by atomic mass is 16.5. The van der Waals surface area contributed by atoms with Gasteiger partial charge in [-0.3, -0.25) is 4.68 Å². The van der Waals surface area contributed by atoms with Gasteiger partial charge in [0.15, 0.2) is 0 Å². The third kappa shape index (κ3) is 2.38. The monoisotopic (exact) mass is 223 g/mol. The van der Waals surface area contributed by atoms with Crippen molar-refractivity contribution in [1.82, 2.24) is 9.78 Å². The molecule has 0 aromatic carbocycles. The average Bonchev–Trinajstić information content (AvgIpc) is 2.86. The normalized spacial score (nSPS) is 22.3. The van der Waals surface area contributed by atoms with E-state index in [9.17, 15) is 0 Å². The van der Waals surface area contributed by atoms with Crippen molar-refractivity contribution in [1.29, 1.82) is 0 Å². The molecule has 90 valence electrons. The van der Waals surface area contributed by atoms with Crippen LogP contribution in [0.3, 0.4) is 0 Å². The summed E-state index contributed by atoms with van der Waals surface area (Å²) in [5.41, 5.74) is 1.18. The van der Waals surface area contributed by atoms with Crippen LogP contribution in [0.2, 0.25) is 0 Å². The number of nitrogens with zero attached hydrogens (tertiary/aromatic N) is 2. The van der Waals surface area contributed by atoms with Gasteiger partial charge in [0, 0.05) is 37.4 Å². The topological polar surface area (TPSA) is 39.1 Å². The van der Waals surface area contributed by atoms with E-state index in [0.717, 1.165) is 31.9 Å². The molecular weight excluding hydrogens is 202 g/mol. The fraction of sp³-hybridized carbons (Fsp3) is 0.750. The van der Waals surface area contributed by atoms with Crippen LogP contribution in [-0.4, -0.2) is 29.0 Å². The lowest BCUT2D eigenvalue weighted by molar-refractivity contribution is 0.182. The summed E-state index contributed by atoms with van der Waals surface area (Å²) in [5.74, 6) is 1.62. The molecule has 2 rings (SSSR count). The highest BCUT2D eigenvalue weighted by Gasteiger charge is 2.24. The van der Waals surface area contributed by atoms with Crippen molar-refractivity contribution in [3.05, 3.63) is 11.8 Å². The van der Waals surface area contributed by atoms with Gasteiger partial charge in [0.1, 0.15) is 5.82 Å². The number of aryl methyl sites for hydroxylation is 2. The standard InChI is InChI=1S/C12H21N3O/c1-4-11(10-5-6-16-8-10)13-12-7-9(2)15(3)14-12/h7,10-11H,4-6,8H2,1-3H3,(H,13,14). The van der Waals surface area contributed by atoms with Crippen molar-refractivity contribution in [2.45, 2.75) is 32.7 Å². The summed E-state index contributed by atoms with van der Waals surface area (Å²) in [6.07, 6.45) is 2.28. The predicted molar refractivity (Wildman–Crippen MR) is 64.6 cm³/mol. The number of ether oxygens (including phenoxy) is 1. The van der Waals surface area contributed by atoms with Gasteiger partial charge in [0.2, 0.25) is 0 Å². The maximum atomic E-state index is 5.44. The van der Waals surface area contributed by atoms with Crippen LogP contribution in [0.15, 0.2) is 6.07 Å². The molecule has 1 fully saturated rings. The Labute approximate surface area is 97.0 Å². The fourth-order valence-corrected chi connectivity index (χ4v) is 2.24. The van der Waals surface area contributed by atoms with Gasteiger partial charge < -0.3 is 10.1 Å². The van der Waals surface area contributed by atoms with E-state index in [2.05, 4.69) is 30.3 Å². The lowest BCUT2D eigenvalue weighted by atomic mass is 9.97. The number of hydrogen-bond donors (Lipinski definition) is 1. The maximum Gasteiger partial charge on any atom is 0.148 e. The van der Waals surface area contributed by atoms with Gasteiger partial charge in [-0.2, -0.15) is 5.10 Å². The van der Waals surface area contributed by atoms with Gasteiger partial charge in [0.05, 0.1) is 6.61 Å². The molecule has 0 spiro atoms. The van der Waals surface area contributed by atoms with E-state index < -0.39 is 0 Å². The minimum absolute atomic E-state index is 0.483. The van der Waals surface area contributed by atoms with E-state index in [1.54, 1.807) is 0 Å². The highest BCUT2D eigenvalue weighted by Crippen LogP contribution is 2.22. The molecular formula is C12H21N3O. The predicted octanol–water partition coefficient (Wildman–Crippen LogP) is 1.96. The Morgan fingerprint density at radius 1 is 1.69 bits per heavy atom. The maximum absolute atomic E-state index is 5.44. The van der Waals surface area contributed by atoms with Gasteiger partial charge in [-0.25, -0.2) is 0 Å². The lowest BCUT2D eigenvalue weighted by Gasteiger charge is -2.21. The van der Waals surface area contributed by atoms with Crippen molar-refractivity contribution in [2.75, 3.05) is 18.5 Å². The summed E-state index contributed by atoms with van der Waals surface area (Å²) in [7, 11) is 1.97.